The molecule has 35 heavy (non-hydrogen) atoms. The Bertz CT molecular complexity index is 1210. The molecule has 0 atom stereocenters. The quantitative estimate of drug-likeness (QED) is 0.474. The molecular formula is C27H33N5O2S. The van der Waals surface area contributed by atoms with Crippen LogP contribution in [0.5, 0.6) is 0 Å². The molecule has 1 aliphatic carbocycles. The summed E-state index contributed by atoms with van der Waals surface area (Å²) < 4.78 is 2.01. The topological polar surface area (TPSA) is 80.1 Å². The predicted molar refractivity (Wildman–Crippen MR) is 140 cm³/mol. The second-order valence-corrected chi connectivity index (χ2v) is 11.1. The van der Waals surface area contributed by atoms with Crippen molar-refractivity contribution in [3.8, 4) is 17.1 Å². The van der Waals surface area contributed by atoms with Crippen molar-refractivity contribution in [2.45, 2.75) is 57.1 Å². The first-order valence-corrected chi connectivity index (χ1v) is 12.9. The van der Waals surface area contributed by atoms with E-state index in [1.807, 2.05) is 35.8 Å². The van der Waals surface area contributed by atoms with E-state index in [1.165, 1.54) is 22.2 Å². The number of nitrogens with zero attached hydrogens (tertiary/aromatic N) is 4. The Morgan fingerprint density at radius 2 is 1.77 bits per heavy atom. The average Bonchev–Trinajstić information content (AvgIpc) is 3.52. The maximum atomic E-state index is 12.7. The zero-order chi connectivity index (χ0) is 25.2. The monoisotopic (exact) mass is 491 g/mol. The summed E-state index contributed by atoms with van der Waals surface area (Å²) in [7, 11) is 1.66. The number of carbonyl (C=O) groups excluding carboxylic acids is 2. The van der Waals surface area contributed by atoms with E-state index < -0.39 is 0 Å². The Labute approximate surface area is 211 Å². The molecule has 0 saturated heterocycles. The molecule has 1 fully saturated rings. The van der Waals surface area contributed by atoms with Crippen molar-refractivity contribution in [2.24, 2.45) is 0 Å². The molecule has 1 N–H and O–H groups in total. The van der Waals surface area contributed by atoms with E-state index in [4.69, 9.17) is 0 Å². The number of amides is 2. The largest absolute Gasteiger partial charge is 0.352 e. The lowest BCUT2D eigenvalue weighted by Gasteiger charge is -2.19. The van der Waals surface area contributed by atoms with Crippen molar-refractivity contribution in [3.05, 3.63) is 59.7 Å². The second kappa shape index (κ2) is 10.2. The number of benzene rings is 2. The van der Waals surface area contributed by atoms with Gasteiger partial charge in [-0.05, 0) is 42.4 Å². The highest BCUT2D eigenvalue weighted by molar-refractivity contribution is 7.99. The molecule has 0 radical (unpaired) electrons. The number of rotatable bonds is 8. The fourth-order valence-corrected chi connectivity index (χ4v) is 4.63. The summed E-state index contributed by atoms with van der Waals surface area (Å²) >= 11 is 1.33. The number of likely N-dealkylation sites (N-methyl/N-ethyl adjacent to an activating group) is 1. The van der Waals surface area contributed by atoms with Crippen LogP contribution in [0.2, 0.25) is 0 Å². The lowest BCUT2D eigenvalue weighted by atomic mass is 9.87. The summed E-state index contributed by atoms with van der Waals surface area (Å²) in [5.41, 5.74) is 4.32. The molecule has 3 aromatic rings. The molecule has 0 aliphatic heterocycles. The SMILES string of the molecule is Cc1ccccc1-n1c(SCC(=O)N(C)CC(=O)NC2CC2)nnc1-c1ccc(C(C)(C)C)cc1. The van der Waals surface area contributed by atoms with Crippen molar-refractivity contribution in [2.75, 3.05) is 19.3 Å². The van der Waals surface area contributed by atoms with Crippen molar-refractivity contribution < 1.29 is 9.59 Å². The fourth-order valence-electron chi connectivity index (χ4n) is 3.74. The Morgan fingerprint density at radius 1 is 1.09 bits per heavy atom. The van der Waals surface area contributed by atoms with Gasteiger partial charge in [0.1, 0.15) is 0 Å². The third-order valence-corrected chi connectivity index (χ3v) is 6.99. The van der Waals surface area contributed by atoms with Gasteiger partial charge in [0.25, 0.3) is 0 Å². The average molecular weight is 492 g/mol. The fraction of sp³-hybridized carbons (Fsp3) is 0.407. The number of nitrogens with one attached hydrogen (secondary N) is 1. The van der Waals surface area contributed by atoms with Crippen LogP contribution in [0, 0.1) is 6.92 Å². The minimum atomic E-state index is -0.128. The van der Waals surface area contributed by atoms with Crippen LogP contribution in [-0.4, -0.2) is 56.9 Å². The van der Waals surface area contributed by atoms with Crippen molar-refractivity contribution >= 4 is 23.6 Å². The molecular weight excluding hydrogens is 458 g/mol. The van der Waals surface area contributed by atoms with Gasteiger partial charge in [-0.2, -0.15) is 0 Å². The summed E-state index contributed by atoms with van der Waals surface area (Å²) in [4.78, 5) is 26.3. The van der Waals surface area contributed by atoms with Crippen molar-refractivity contribution in [1.82, 2.24) is 25.0 Å². The summed E-state index contributed by atoms with van der Waals surface area (Å²) in [6, 6.07) is 16.8. The lowest BCUT2D eigenvalue weighted by Crippen LogP contribution is -2.39. The van der Waals surface area contributed by atoms with Gasteiger partial charge in [-0.15, -0.1) is 10.2 Å². The van der Waals surface area contributed by atoms with Crippen LogP contribution >= 0.6 is 11.8 Å². The van der Waals surface area contributed by atoms with Gasteiger partial charge in [-0.1, -0.05) is 75.0 Å². The summed E-state index contributed by atoms with van der Waals surface area (Å²) in [5, 5.41) is 12.5. The molecule has 1 aliphatic rings. The van der Waals surface area contributed by atoms with Crippen molar-refractivity contribution in [1.29, 1.82) is 0 Å². The maximum Gasteiger partial charge on any atom is 0.239 e. The van der Waals surface area contributed by atoms with Crippen LogP contribution in [-0.2, 0) is 15.0 Å². The zero-order valence-electron chi connectivity index (χ0n) is 21.0. The third-order valence-electron chi connectivity index (χ3n) is 6.07. The molecule has 4 rings (SSSR count). The molecule has 0 bridgehead atoms. The summed E-state index contributed by atoms with van der Waals surface area (Å²) in [6.45, 7) is 8.68. The minimum Gasteiger partial charge on any atom is -0.352 e. The van der Waals surface area contributed by atoms with Gasteiger partial charge in [0, 0.05) is 18.7 Å². The van der Waals surface area contributed by atoms with Gasteiger partial charge in [0.05, 0.1) is 18.0 Å². The molecule has 1 saturated carbocycles. The Morgan fingerprint density at radius 3 is 2.40 bits per heavy atom. The number of hydrogen-bond donors (Lipinski definition) is 1. The highest BCUT2D eigenvalue weighted by Gasteiger charge is 2.25. The lowest BCUT2D eigenvalue weighted by molar-refractivity contribution is -0.132. The molecule has 1 heterocycles. The molecule has 2 amide bonds. The van der Waals surface area contributed by atoms with E-state index in [9.17, 15) is 9.59 Å². The molecule has 0 spiro atoms. The molecule has 7 nitrogen and oxygen atoms in total. The maximum absolute atomic E-state index is 12.7. The Balaban J connectivity index is 1.56. The van der Waals surface area contributed by atoms with Crippen LogP contribution in [0.3, 0.4) is 0 Å². The molecule has 1 aromatic heterocycles. The van der Waals surface area contributed by atoms with Gasteiger partial charge in [0.15, 0.2) is 11.0 Å². The molecule has 2 aromatic carbocycles. The van der Waals surface area contributed by atoms with E-state index in [1.54, 1.807) is 7.05 Å². The van der Waals surface area contributed by atoms with Gasteiger partial charge < -0.3 is 10.2 Å². The number of thioether (sulfide) groups is 1. The van der Waals surface area contributed by atoms with Gasteiger partial charge in [-0.3, -0.25) is 14.2 Å². The first kappa shape index (κ1) is 25.0. The smallest absolute Gasteiger partial charge is 0.239 e. The van der Waals surface area contributed by atoms with Crippen LogP contribution in [0.4, 0.5) is 0 Å². The van der Waals surface area contributed by atoms with Crippen LogP contribution in [0.15, 0.2) is 53.7 Å². The molecule has 184 valence electrons. The first-order valence-electron chi connectivity index (χ1n) is 11.9. The van der Waals surface area contributed by atoms with Gasteiger partial charge in [-0.25, -0.2) is 0 Å². The Kier molecular flexibility index (Phi) is 7.31. The number of carbonyl (C=O) groups is 2. The predicted octanol–water partition coefficient (Wildman–Crippen LogP) is 4.37. The second-order valence-electron chi connectivity index (χ2n) is 10.1. The normalized spacial score (nSPS) is 13.5. The number of aryl methyl sites for hydroxylation is 1. The number of para-hydroxylation sites is 1. The molecule has 8 heteroatoms. The summed E-state index contributed by atoms with van der Waals surface area (Å²) in [6.07, 6.45) is 2.05. The summed E-state index contributed by atoms with van der Waals surface area (Å²) in [5.74, 6) is 0.654. The number of hydrogen-bond acceptors (Lipinski definition) is 5. The first-order chi connectivity index (χ1) is 16.6. The van der Waals surface area contributed by atoms with E-state index in [0.717, 1.165) is 35.5 Å². The third kappa shape index (κ3) is 6.11. The van der Waals surface area contributed by atoms with Crippen molar-refractivity contribution in [3.63, 3.8) is 0 Å². The minimum absolute atomic E-state index is 0.0607. The van der Waals surface area contributed by atoms with E-state index in [2.05, 4.69) is 60.6 Å². The number of aromatic nitrogens is 3. The highest BCUT2D eigenvalue weighted by atomic mass is 32.2. The van der Waals surface area contributed by atoms with Gasteiger partial charge >= 0.3 is 0 Å². The van der Waals surface area contributed by atoms with E-state index in [0.29, 0.717) is 5.16 Å². The Hall–Kier alpha value is -3.13. The molecule has 0 unspecified atom stereocenters. The van der Waals surface area contributed by atoms with Crippen LogP contribution in [0.1, 0.15) is 44.7 Å². The van der Waals surface area contributed by atoms with Crippen LogP contribution < -0.4 is 5.32 Å². The standard InChI is InChI=1S/C27H33N5O2S/c1-18-8-6-7-9-22(18)32-25(19-10-12-20(13-11-19)27(2,3)4)29-30-26(32)35-17-24(34)31(5)16-23(33)28-21-14-15-21/h6-13,21H,14-17H2,1-5H3,(H,28,33). The highest BCUT2D eigenvalue weighted by Crippen LogP contribution is 2.31. The van der Waals surface area contributed by atoms with E-state index >= 15 is 0 Å². The zero-order valence-corrected chi connectivity index (χ0v) is 21.9. The van der Waals surface area contributed by atoms with Gasteiger partial charge in [0.2, 0.25) is 11.8 Å². The van der Waals surface area contributed by atoms with Crippen LogP contribution in [0.25, 0.3) is 17.1 Å². The van der Waals surface area contributed by atoms with E-state index in [-0.39, 0.29) is 35.6 Å².